The number of pyridine rings is 1. The summed E-state index contributed by atoms with van der Waals surface area (Å²) in [6, 6.07) is 9.09. The highest BCUT2D eigenvalue weighted by atomic mass is 32.2. The van der Waals surface area contributed by atoms with Crippen molar-refractivity contribution in [3.8, 4) is 5.75 Å². The number of hydrogen-bond acceptors (Lipinski definition) is 5. The van der Waals surface area contributed by atoms with Gasteiger partial charge in [-0.1, -0.05) is 47.6 Å². The number of thioether (sulfide) groups is 1. The number of phenols is 1. The molecule has 0 aliphatic rings. The van der Waals surface area contributed by atoms with Gasteiger partial charge in [0.15, 0.2) is 11.5 Å². The summed E-state index contributed by atoms with van der Waals surface area (Å²) in [6.07, 6.45) is 4.70. The summed E-state index contributed by atoms with van der Waals surface area (Å²) in [7, 11) is 0. The van der Waals surface area contributed by atoms with E-state index in [2.05, 4.69) is 15.5 Å². The molecule has 7 heteroatoms. The van der Waals surface area contributed by atoms with Crippen molar-refractivity contribution >= 4 is 23.3 Å². The van der Waals surface area contributed by atoms with Gasteiger partial charge in [0.25, 0.3) is 5.91 Å². The molecule has 0 bridgehead atoms. The molecule has 1 unspecified atom stereocenters. The second-order valence-electron chi connectivity index (χ2n) is 10.2. The Morgan fingerprint density at radius 2 is 1.72 bits per heavy atom. The van der Waals surface area contributed by atoms with Crippen molar-refractivity contribution < 1.29 is 9.90 Å². The Hall–Kier alpha value is -2.54. The second kappa shape index (κ2) is 9.14. The molecule has 3 rings (SSSR count). The third-order valence-corrected chi connectivity index (χ3v) is 6.20. The number of carbonyl (C=O) groups excluding carboxylic acids is 1. The average Bonchev–Trinajstić information content (AvgIpc) is 3.13. The molecule has 0 aliphatic heterocycles. The van der Waals surface area contributed by atoms with E-state index in [1.54, 1.807) is 11.8 Å². The van der Waals surface area contributed by atoms with Gasteiger partial charge in [0.05, 0.1) is 6.04 Å². The highest BCUT2D eigenvalue weighted by molar-refractivity contribution is 7.98. The van der Waals surface area contributed by atoms with Crippen molar-refractivity contribution in [2.75, 3.05) is 12.0 Å². The Morgan fingerprint density at radius 1 is 1.09 bits per heavy atom. The highest BCUT2D eigenvalue weighted by Gasteiger charge is 2.29. The van der Waals surface area contributed by atoms with Gasteiger partial charge in [-0.15, -0.1) is 10.2 Å². The lowest BCUT2D eigenvalue weighted by molar-refractivity contribution is 0.0933. The van der Waals surface area contributed by atoms with Crippen LogP contribution in [0.3, 0.4) is 0 Å². The van der Waals surface area contributed by atoms with Crippen LogP contribution in [0, 0.1) is 0 Å². The van der Waals surface area contributed by atoms with Crippen LogP contribution in [0.15, 0.2) is 36.5 Å². The van der Waals surface area contributed by atoms with E-state index in [0.29, 0.717) is 11.4 Å². The number of phenolic OH excluding ortho intramolecular Hbond substituents is 1. The van der Waals surface area contributed by atoms with Crippen LogP contribution in [0.2, 0.25) is 0 Å². The van der Waals surface area contributed by atoms with Crippen LogP contribution < -0.4 is 5.32 Å². The van der Waals surface area contributed by atoms with E-state index in [0.717, 1.165) is 28.9 Å². The number of amides is 1. The van der Waals surface area contributed by atoms with Crippen LogP contribution >= 0.6 is 11.8 Å². The van der Waals surface area contributed by atoms with E-state index in [4.69, 9.17) is 0 Å². The summed E-state index contributed by atoms with van der Waals surface area (Å²) < 4.78 is 1.92. The maximum atomic E-state index is 13.5. The first-order valence-electron chi connectivity index (χ1n) is 10.9. The van der Waals surface area contributed by atoms with Crippen LogP contribution in [-0.2, 0) is 10.8 Å². The Morgan fingerprint density at radius 3 is 2.28 bits per heavy atom. The smallest absolute Gasteiger partial charge is 0.251 e. The van der Waals surface area contributed by atoms with Crippen LogP contribution in [0.5, 0.6) is 5.75 Å². The lowest BCUT2D eigenvalue weighted by Crippen LogP contribution is -2.31. The predicted molar refractivity (Wildman–Crippen MR) is 132 cm³/mol. The third-order valence-electron chi connectivity index (χ3n) is 5.56. The quantitative estimate of drug-likeness (QED) is 0.531. The lowest BCUT2D eigenvalue weighted by atomic mass is 9.78. The van der Waals surface area contributed by atoms with E-state index in [9.17, 15) is 9.90 Å². The molecule has 0 spiro atoms. The summed E-state index contributed by atoms with van der Waals surface area (Å²) in [5.41, 5.74) is 2.22. The van der Waals surface area contributed by atoms with Crippen molar-refractivity contribution in [1.82, 2.24) is 19.9 Å². The molecule has 32 heavy (non-hydrogen) atoms. The van der Waals surface area contributed by atoms with E-state index < -0.39 is 0 Å². The zero-order valence-corrected chi connectivity index (χ0v) is 20.9. The second-order valence-corrected chi connectivity index (χ2v) is 11.2. The maximum absolute atomic E-state index is 13.5. The number of hydrogen-bond donors (Lipinski definition) is 2. The van der Waals surface area contributed by atoms with E-state index >= 15 is 0 Å². The molecule has 0 fully saturated rings. The largest absolute Gasteiger partial charge is 0.507 e. The van der Waals surface area contributed by atoms with Gasteiger partial charge in [-0.3, -0.25) is 9.20 Å². The Labute approximate surface area is 194 Å². The maximum Gasteiger partial charge on any atom is 0.251 e. The number of rotatable bonds is 6. The standard InChI is InChI=1S/C25H34N4O2S/c1-24(2,3)17-14-16(15-18(21(17)30)25(4,5)6)23(31)26-19(11-13-32-7)22-28-27-20-10-8-9-12-29(20)22/h8-10,12,14-15,19,30H,11,13H2,1-7H3,(H,26,31). The van der Waals surface area contributed by atoms with Gasteiger partial charge < -0.3 is 10.4 Å². The van der Waals surface area contributed by atoms with Gasteiger partial charge in [-0.2, -0.15) is 11.8 Å². The molecular weight excluding hydrogens is 420 g/mol. The Kier molecular flexibility index (Phi) is 6.89. The molecule has 0 saturated heterocycles. The third kappa shape index (κ3) is 5.09. The predicted octanol–water partition coefficient (Wildman–Crippen LogP) is 5.25. The summed E-state index contributed by atoms with van der Waals surface area (Å²) in [5, 5.41) is 22.8. The molecule has 1 aromatic carbocycles. The van der Waals surface area contributed by atoms with Gasteiger partial charge in [0.1, 0.15) is 5.75 Å². The van der Waals surface area contributed by atoms with E-state index in [-0.39, 0.29) is 28.5 Å². The molecule has 1 atom stereocenters. The number of nitrogens with one attached hydrogen (secondary N) is 1. The Bertz CT molecular complexity index is 1070. The van der Waals surface area contributed by atoms with Gasteiger partial charge >= 0.3 is 0 Å². The molecule has 1 amide bonds. The van der Waals surface area contributed by atoms with Crippen molar-refractivity contribution in [3.63, 3.8) is 0 Å². The first-order chi connectivity index (χ1) is 14.9. The molecule has 0 saturated carbocycles. The van der Waals surface area contributed by atoms with Gasteiger partial charge in [-0.05, 0) is 53.5 Å². The number of benzene rings is 1. The molecular formula is C25H34N4O2S. The number of carbonyl (C=O) groups is 1. The first kappa shape index (κ1) is 24.1. The molecule has 2 aromatic heterocycles. The van der Waals surface area contributed by atoms with E-state index in [1.807, 2.05) is 88.7 Å². The molecule has 6 nitrogen and oxygen atoms in total. The summed E-state index contributed by atoms with van der Waals surface area (Å²) in [4.78, 5) is 13.5. The fourth-order valence-electron chi connectivity index (χ4n) is 3.75. The van der Waals surface area contributed by atoms with Gasteiger partial charge in [0, 0.05) is 22.9 Å². The van der Waals surface area contributed by atoms with Crippen LogP contribution in [-0.4, -0.2) is 37.6 Å². The zero-order valence-electron chi connectivity index (χ0n) is 20.1. The molecule has 172 valence electrons. The number of nitrogens with zero attached hydrogens (tertiary/aromatic N) is 3. The van der Waals surface area contributed by atoms with Gasteiger partial charge in [-0.25, -0.2) is 0 Å². The van der Waals surface area contributed by atoms with Crippen molar-refractivity contribution in [2.45, 2.75) is 64.8 Å². The lowest BCUT2D eigenvalue weighted by Gasteiger charge is -2.28. The summed E-state index contributed by atoms with van der Waals surface area (Å²) >= 11 is 1.73. The molecule has 0 radical (unpaired) electrons. The number of fused-ring (bicyclic) bond motifs is 1. The molecule has 2 N–H and O–H groups in total. The van der Waals surface area contributed by atoms with Crippen LogP contribution in [0.1, 0.15) is 81.3 Å². The minimum atomic E-state index is -0.304. The number of aromatic nitrogens is 3. The summed E-state index contributed by atoms with van der Waals surface area (Å²) in [6.45, 7) is 12.2. The SMILES string of the molecule is CSCCC(NC(=O)c1cc(C(C)(C)C)c(O)c(C(C)(C)C)c1)c1nnc2ccccn12. The normalized spacial score (nSPS) is 13.3. The molecule has 3 aromatic rings. The van der Waals surface area contributed by atoms with Crippen molar-refractivity contribution in [2.24, 2.45) is 0 Å². The van der Waals surface area contributed by atoms with Crippen molar-refractivity contribution in [3.05, 3.63) is 59.0 Å². The first-order valence-corrected chi connectivity index (χ1v) is 12.3. The fourth-order valence-corrected chi connectivity index (χ4v) is 4.22. The Balaban J connectivity index is 2.02. The van der Waals surface area contributed by atoms with Gasteiger partial charge in [0.2, 0.25) is 0 Å². The highest BCUT2D eigenvalue weighted by Crippen LogP contribution is 2.39. The topological polar surface area (TPSA) is 79.5 Å². The van der Waals surface area contributed by atoms with Crippen molar-refractivity contribution in [1.29, 1.82) is 0 Å². The molecule has 2 heterocycles. The fraction of sp³-hybridized carbons (Fsp3) is 0.480. The minimum Gasteiger partial charge on any atom is -0.507 e. The molecule has 0 aliphatic carbocycles. The minimum absolute atomic E-state index is 0.181. The summed E-state index contributed by atoms with van der Waals surface area (Å²) in [5.74, 6) is 1.68. The number of aromatic hydroxyl groups is 1. The van der Waals surface area contributed by atoms with Crippen LogP contribution in [0.4, 0.5) is 0 Å². The van der Waals surface area contributed by atoms with Crippen LogP contribution in [0.25, 0.3) is 5.65 Å². The average molecular weight is 455 g/mol. The zero-order chi connectivity index (χ0) is 23.7. The van der Waals surface area contributed by atoms with E-state index in [1.165, 1.54) is 0 Å². The monoisotopic (exact) mass is 454 g/mol.